The molecule has 0 saturated carbocycles. The largest absolute Gasteiger partial charge is 0.497 e. The van der Waals surface area contributed by atoms with Crippen LogP contribution < -0.4 is 15.6 Å². The van der Waals surface area contributed by atoms with Gasteiger partial charge in [-0.1, -0.05) is 17.3 Å². The number of benzene rings is 1. The van der Waals surface area contributed by atoms with Crippen molar-refractivity contribution in [3.8, 4) is 5.75 Å². The van der Waals surface area contributed by atoms with Gasteiger partial charge in [0.1, 0.15) is 5.75 Å². The summed E-state index contributed by atoms with van der Waals surface area (Å²) in [4.78, 5) is 27.2. The maximum absolute atomic E-state index is 12.5. The number of ether oxygens (including phenoxy) is 1. The minimum atomic E-state index is -0.456. The highest BCUT2D eigenvalue weighted by Crippen LogP contribution is 2.17. The Morgan fingerprint density at radius 1 is 1.33 bits per heavy atom. The van der Waals surface area contributed by atoms with Crippen molar-refractivity contribution in [3.63, 3.8) is 0 Å². The maximum Gasteiger partial charge on any atom is 0.276 e. The van der Waals surface area contributed by atoms with Gasteiger partial charge in [0.2, 0.25) is 0 Å². The van der Waals surface area contributed by atoms with E-state index in [1.54, 1.807) is 20.2 Å². The summed E-state index contributed by atoms with van der Waals surface area (Å²) < 4.78 is 6.42. The molecule has 0 saturated heterocycles. The van der Waals surface area contributed by atoms with Crippen molar-refractivity contribution in [1.29, 1.82) is 0 Å². The Kier molecular flexibility index (Phi) is 4.03. The number of amides is 1. The number of hydrogen-bond donors (Lipinski definition) is 2. The van der Waals surface area contributed by atoms with Crippen molar-refractivity contribution < 1.29 is 9.53 Å². The molecule has 0 aliphatic rings. The first-order valence-electron chi connectivity index (χ1n) is 7.39. The van der Waals surface area contributed by atoms with Gasteiger partial charge in [-0.3, -0.25) is 9.59 Å². The van der Waals surface area contributed by atoms with Crippen LogP contribution in [0.15, 0.2) is 35.3 Å². The molecule has 3 aromatic rings. The maximum atomic E-state index is 12.5. The highest BCUT2D eigenvalue weighted by Gasteiger charge is 2.20. The van der Waals surface area contributed by atoms with Crippen LogP contribution in [0.2, 0.25) is 0 Å². The molecule has 2 heterocycles. The first kappa shape index (κ1) is 15.7. The zero-order valence-electron chi connectivity index (χ0n) is 13.5. The van der Waals surface area contributed by atoms with Crippen molar-refractivity contribution in [3.05, 3.63) is 57.8 Å². The number of aromatic nitrogens is 4. The van der Waals surface area contributed by atoms with E-state index < -0.39 is 11.5 Å². The second kappa shape index (κ2) is 6.15. The number of fused-ring (bicyclic) bond motifs is 1. The second-order valence-corrected chi connectivity index (χ2v) is 5.47. The van der Waals surface area contributed by atoms with Gasteiger partial charge in [0.25, 0.3) is 11.5 Å². The average Bonchev–Trinajstić information content (AvgIpc) is 2.99. The predicted octanol–water partition coefficient (Wildman–Crippen LogP) is 1.23. The molecule has 2 N–H and O–H groups in total. The normalized spacial score (nSPS) is 12.1. The molecule has 8 heteroatoms. The van der Waals surface area contributed by atoms with E-state index in [1.807, 2.05) is 31.2 Å². The lowest BCUT2D eigenvalue weighted by atomic mass is 10.1. The number of rotatable bonds is 4. The highest BCUT2D eigenvalue weighted by molar-refractivity contribution is 5.98. The number of methoxy groups -OCH3 is 1. The van der Waals surface area contributed by atoms with Crippen LogP contribution in [0.1, 0.15) is 34.7 Å². The Labute approximate surface area is 137 Å². The Hall–Kier alpha value is -3.16. The Balaban J connectivity index is 1.85. The fourth-order valence-electron chi connectivity index (χ4n) is 2.44. The van der Waals surface area contributed by atoms with Gasteiger partial charge in [0.05, 0.1) is 19.3 Å². The number of hydrogen-bond acceptors (Lipinski definition) is 5. The van der Waals surface area contributed by atoms with Crippen LogP contribution in [0.5, 0.6) is 5.75 Å². The summed E-state index contributed by atoms with van der Waals surface area (Å²) in [6, 6.07) is 7.11. The second-order valence-electron chi connectivity index (χ2n) is 5.47. The lowest BCUT2D eigenvalue weighted by Gasteiger charge is -2.13. The van der Waals surface area contributed by atoms with Crippen LogP contribution in [0.3, 0.4) is 0 Å². The van der Waals surface area contributed by atoms with E-state index >= 15 is 0 Å². The van der Waals surface area contributed by atoms with Gasteiger partial charge in [-0.2, -0.15) is 0 Å². The van der Waals surface area contributed by atoms with Crippen LogP contribution in [0.25, 0.3) is 5.52 Å². The SMILES string of the molecule is COc1ccc([C@@H](C)NC(=O)c2nnn3cc(C)[nH]c(=O)c23)cc1. The molecular weight excluding hydrogens is 310 g/mol. The Morgan fingerprint density at radius 2 is 2.04 bits per heavy atom. The van der Waals surface area contributed by atoms with E-state index in [0.717, 1.165) is 11.3 Å². The van der Waals surface area contributed by atoms with Crippen LogP contribution in [0, 0.1) is 6.92 Å². The van der Waals surface area contributed by atoms with E-state index in [-0.39, 0.29) is 17.3 Å². The number of H-pyrrole nitrogens is 1. The first-order valence-corrected chi connectivity index (χ1v) is 7.39. The van der Waals surface area contributed by atoms with Gasteiger partial charge in [0, 0.05) is 5.69 Å². The fraction of sp³-hybridized carbons (Fsp3) is 0.250. The standard InChI is InChI=1S/C16H17N5O3/c1-9-8-21-14(16(23)17-9)13(19-20-21)15(22)18-10(2)11-4-6-12(24-3)7-5-11/h4-8,10H,1-3H3,(H,17,23)(H,18,22)/t10-/m1/s1. The van der Waals surface area contributed by atoms with Crippen LogP contribution in [-0.4, -0.2) is 32.8 Å². The quantitative estimate of drug-likeness (QED) is 0.750. The van der Waals surface area contributed by atoms with Crippen LogP contribution in [-0.2, 0) is 0 Å². The number of carbonyl (C=O) groups is 1. The molecule has 8 nitrogen and oxygen atoms in total. The highest BCUT2D eigenvalue weighted by atomic mass is 16.5. The predicted molar refractivity (Wildman–Crippen MR) is 87.2 cm³/mol. The lowest BCUT2D eigenvalue weighted by Crippen LogP contribution is -2.28. The van der Waals surface area contributed by atoms with E-state index in [1.165, 1.54) is 4.52 Å². The number of carbonyl (C=O) groups excluding carboxylic acids is 1. The molecule has 0 fully saturated rings. The summed E-state index contributed by atoms with van der Waals surface area (Å²) >= 11 is 0. The minimum Gasteiger partial charge on any atom is -0.497 e. The average molecular weight is 327 g/mol. The third kappa shape index (κ3) is 2.85. The summed E-state index contributed by atoms with van der Waals surface area (Å²) in [5.41, 5.74) is 1.26. The Bertz CT molecular complexity index is 942. The first-order chi connectivity index (χ1) is 11.5. The summed E-state index contributed by atoms with van der Waals surface area (Å²) in [6.07, 6.45) is 1.60. The van der Waals surface area contributed by atoms with E-state index in [4.69, 9.17) is 4.74 Å². The van der Waals surface area contributed by atoms with Gasteiger partial charge in [0.15, 0.2) is 11.2 Å². The molecule has 0 bridgehead atoms. The summed E-state index contributed by atoms with van der Waals surface area (Å²) in [7, 11) is 1.59. The lowest BCUT2D eigenvalue weighted by molar-refractivity contribution is 0.0936. The van der Waals surface area contributed by atoms with Crippen molar-refractivity contribution in [2.45, 2.75) is 19.9 Å². The smallest absolute Gasteiger partial charge is 0.276 e. The number of aryl methyl sites for hydroxylation is 1. The molecule has 0 radical (unpaired) electrons. The number of nitrogens with zero attached hydrogens (tertiary/aromatic N) is 3. The zero-order chi connectivity index (χ0) is 17.3. The van der Waals surface area contributed by atoms with Crippen molar-refractivity contribution >= 4 is 11.4 Å². The third-order valence-electron chi connectivity index (χ3n) is 3.71. The van der Waals surface area contributed by atoms with E-state index in [0.29, 0.717) is 5.69 Å². The molecule has 0 spiro atoms. The van der Waals surface area contributed by atoms with Crippen molar-refractivity contribution in [2.24, 2.45) is 0 Å². The molecule has 124 valence electrons. The van der Waals surface area contributed by atoms with Gasteiger partial charge >= 0.3 is 0 Å². The van der Waals surface area contributed by atoms with E-state index in [2.05, 4.69) is 20.6 Å². The third-order valence-corrected chi connectivity index (χ3v) is 3.71. The topological polar surface area (TPSA) is 101 Å². The molecule has 1 amide bonds. The van der Waals surface area contributed by atoms with Gasteiger partial charge < -0.3 is 15.0 Å². The summed E-state index contributed by atoms with van der Waals surface area (Å²) in [6.45, 7) is 3.58. The van der Waals surface area contributed by atoms with Crippen LogP contribution >= 0.6 is 0 Å². The van der Waals surface area contributed by atoms with Gasteiger partial charge in [-0.15, -0.1) is 5.10 Å². The molecule has 0 aliphatic carbocycles. The summed E-state index contributed by atoms with van der Waals surface area (Å²) in [5, 5.41) is 10.5. The van der Waals surface area contributed by atoms with E-state index in [9.17, 15) is 9.59 Å². The molecule has 1 aromatic carbocycles. The van der Waals surface area contributed by atoms with Crippen LogP contribution in [0.4, 0.5) is 0 Å². The fourth-order valence-corrected chi connectivity index (χ4v) is 2.44. The van der Waals surface area contributed by atoms with Crippen molar-refractivity contribution in [2.75, 3.05) is 7.11 Å². The monoisotopic (exact) mass is 327 g/mol. The minimum absolute atomic E-state index is 0.00314. The molecule has 3 rings (SSSR count). The molecule has 2 aromatic heterocycles. The Morgan fingerprint density at radius 3 is 2.71 bits per heavy atom. The molecule has 0 unspecified atom stereocenters. The number of nitrogens with one attached hydrogen (secondary N) is 2. The van der Waals surface area contributed by atoms with Crippen molar-refractivity contribution in [1.82, 2.24) is 25.1 Å². The summed E-state index contributed by atoms with van der Waals surface area (Å²) in [5.74, 6) is 0.283. The molecular formula is C16H17N5O3. The zero-order valence-corrected chi connectivity index (χ0v) is 13.5. The van der Waals surface area contributed by atoms with Gasteiger partial charge in [-0.05, 0) is 31.5 Å². The van der Waals surface area contributed by atoms with Gasteiger partial charge in [-0.25, -0.2) is 4.52 Å². The number of aromatic amines is 1. The molecule has 0 aliphatic heterocycles. The molecule has 1 atom stereocenters. The molecule has 24 heavy (non-hydrogen) atoms.